The second-order valence-electron chi connectivity index (χ2n) is 5.16. The predicted octanol–water partition coefficient (Wildman–Crippen LogP) is 4.45. The van der Waals surface area contributed by atoms with Crippen LogP contribution < -0.4 is 5.73 Å². The van der Waals surface area contributed by atoms with Gasteiger partial charge in [-0.1, -0.05) is 60.9 Å². The fourth-order valence-corrected chi connectivity index (χ4v) is 2.34. The molecule has 0 fully saturated rings. The minimum absolute atomic E-state index is 0.0188. The largest absolute Gasteiger partial charge is 0.324 e. The second kappa shape index (κ2) is 6.92. The van der Waals surface area contributed by atoms with Crippen molar-refractivity contribution >= 4 is 0 Å². The molecule has 1 aromatic carbocycles. The van der Waals surface area contributed by atoms with Crippen LogP contribution in [-0.2, 0) is 0 Å². The van der Waals surface area contributed by atoms with Gasteiger partial charge in [0.1, 0.15) is 0 Å². The van der Waals surface area contributed by atoms with Crippen molar-refractivity contribution in [3.05, 3.63) is 83.0 Å². The van der Waals surface area contributed by atoms with E-state index in [4.69, 9.17) is 5.73 Å². The van der Waals surface area contributed by atoms with E-state index >= 15 is 0 Å². The summed E-state index contributed by atoms with van der Waals surface area (Å²) < 4.78 is 0. The van der Waals surface area contributed by atoms with Crippen LogP contribution in [0, 0.1) is 11.8 Å². The molecule has 21 heavy (non-hydrogen) atoms. The van der Waals surface area contributed by atoms with Crippen LogP contribution in [0.1, 0.15) is 37.4 Å². The maximum atomic E-state index is 6.00. The molecule has 1 atom stereocenters. The van der Waals surface area contributed by atoms with Gasteiger partial charge in [0.05, 0.1) is 0 Å². The Morgan fingerprint density at radius 1 is 1.38 bits per heavy atom. The van der Waals surface area contributed by atoms with Gasteiger partial charge in [0.15, 0.2) is 0 Å². The van der Waals surface area contributed by atoms with E-state index < -0.39 is 0 Å². The lowest BCUT2D eigenvalue weighted by Gasteiger charge is -2.07. The first-order chi connectivity index (χ1) is 10.1. The van der Waals surface area contributed by atoms with Crippen molar-refractivity contribution in [2.24, 2.45) is 5.73 Å². The van der Waals surface area contributed by atoms with Crippen LogP contribution in [0.4, 0.5) is 0 Å². The molecule has 1 aliphatic carbocycles. The standard InChI is InChI=1S/C20H21N/c1-4-8-17(19-12-7-9-15(19)2)13-14-18-10-5-6-11-20(18)16(3)21/h4-8,10-12,16H,2,9,21H2,1,3H3/b8-4-,19-17+/t16-/m0/s1. The average molecular weight is 275 g/mol. The highest BCUT2D eigenvalue weighted by Gasteiger charge is 2.08. The van der Waals surface area contributed by atoms with Crippen molar-refractivity contribution in [2.45, 2.75) is 26.3 Å². The highest BCUT2D eigenvalue weighted by atomic mass is 14.6. The lowest BCUT2D eigenvalue weighted by molar-refractivity contribution is 0.815. The molecule has 0 spiro atoms. The first kappa shape index (κ1) is 15.1. The average Bonchev–Trinajstić information content (AvgIpc) is 2.90. The molecule has 0 heterocycles. The highest BCUT2D eigenvalue weighted by molar-refractivity contribution is 5.59. The van der Waals surface area contributed by atoms with Gasteiger partial charge in [-0.15, -0.1) is 0 Å². The zero-order chi connectivity index (χ0) is 15.2. The number of allylic oxidation sites excluding steroid dienone is 7. The first-order valence-corrected chi connectivity index (χ1v) is 7.21. The maximum Gasteiger partial charge on any atom is 0.0320 e. The van der Waals surface area contributed by atoms with E-state index in [1.807, 2.05) is 50.3 Å². The van der Waals surface area contributed by atoms with Gasteiger partial charge in [0.25, 0.3) is 0 Å². The summed E-state index contributed by atoms with van der Waals surface area (Å²) in [5.41, 5.74) is 11.3. The van der Waals surface area contributed by atoms with Crippen molar-refractivity contribution in [1.29, 1.82) is 0 Å². The minimum atomic E-state index is -0.0188. The Morgan fingerprint density at radius 3 is 2.76 bits per heavy atom. The molecule has 0 bridgehead atoms. The van der Waals surface area contributed by atoms with Gasteiger partial charge < -0.3 is 5.73 Å². The van der Waals surface area contributed by atoms with Gasteiger partial charge in [-0.05, 0) is 43.0 Å². The van der Waals surface area contributed by atoms with Gasteiger partial charge in [0.2, 0.25) is 0 Å². The SMILES string of the molecule is C=C1CC=C/C1=C(C#Cc1ccccc1[C@H](C)N)/C=C\C. The minimum Gasteiger partial charge on any atom is -0.324 e. The zero-order valence-corrected chi connectivity index (χ0v) is 12.7. The molecule has 0 aromatic heterocycles. The van der Waals surface area contributed by atoms with Crippen LogP contribution >= 0.6 is 0 Å². The topological polar surface area (TPSA) is 26.0 Å². The Hall–Kier alpha value is -2.30. The molecule has 1 nitrogen and oxygen atoms in total. The molecular weight excluding hydrogens is 254 g/mol. The van der Waals surface area contributed by atoms with Gasteiger partial charge in [0, 0.05) is 17.2 Å². The van der Waals surface area contributed by atoms with Crippen LogP contribution in [0.2, 0.25) is 0 Å². The number of hydrogen-bond acceptors (Lipinski definition) is 1. The van der Waals surface area contributed by atoms with Crippen molar-refractivity contribution in [2.75, 3.05) is 0 Å². The molecule has 106 valence electrons. The Balaban J connectivity index is 2.45. The summed E-state index contributed by atoms with van der Waals surface area (Å²) >= 11 is 0. The molecule has 0 radical (unpaired) electrons. The summed E-state index contributed by atoms with van der Waals surface area (Å²) in [4.78, 5) is 0. The van der Waals surface area contributed by atoms with Crippen LogP contribution in [0.25, 0.3) is 0 Å². The molecule has 1 heteroatoms. The fourth-order valence-electron chi connectivity index (χ4n) is 2.34. The second-order valence-corrected chi connectivity index (χ2v) is 5.16. The molecule has 1 aromatic rings. The van der Waals surface area contributed by atoms with Crippen molar-refractivity contribution < 1.29 is 0 Å². The number of benzene rings is 1. The summed E-state index contributed by atoms with van der Waals surface area (Å²) in [5, 5.41) is 0. The lowest BCUT2D eigenvalue weighted by Crippen LogP contribution is -2.06. The summed E-state index contributed by atoms with van der Waals surface area (Å²) in [6, 6.07) is 8.02. The third kappa shape index (κ3) is 3.62. The number of rotatable bonds is 2. The highest BCUT2D eigenvalue weighted by Crippen LogP contribution is 2.25. The molecule has 0 unspecified atom stereocenters. The van der Waals surface area contributed by atoms with Crippen LogP contribution in [0.15, 0.2) is 71.9 Å². The summed E-state index contributed by atoms with van der Waals surface area (Å²) in [7, 11) is 0. The monoisotopic (exact) mass is 275 g/mol. The third-order valence-electron chi connectivity index (χ3n) is 3.44. The number of hydrogen-bond donors (Lipinski definition) is 1. The summed E-state index contributed by atoms with van der Waals surface area (Å²) in [6.45, 7) is 8.08. The fraction of sp³-hybridized carbons (Fsp3) is 0.200. The molecule has 0 saturated carbocycles. The zero-order valence-electron chi connectivity index (χ0n) is 12.7. The third-order valence-corrected chi connectivity index (χ3v) is 3.44. The van der Waals surface area contributed by atoms with Crippen LogP contribution in [0.5, 0.6) is 0 Å². The molecule has 2 rings (SSSR count). The van der Waals surface area contributed by atoms with E-state index in [1.165, 1.54) is 0 Å². The number of nitrogens with two attached hydrogens (primary N) is 1. The van der Waals surface area contributed by atoms with Crippen molar-refractivity contribution in [3.63, 3.8) is 0 Å². The van der Waals surface area contributed by atoms with E-state index in [0.717, 1.165) is 34.3 Å². The van der Waals surface area contributed by atoms with Gasteiger partial charge in [-0.2, -0.15) is 0 Å². The molecule has 1 aliphatic rings. The van der Waals surface area contributed by atoms with E-state index in [2.05, 4.69) is 30.6 Å². The summed E-state index contributed by atoms with van der Waals surface area (Å²) in [5.74, 6) is 6.54. The van der Waals surface area contributed by atoms with E-state index in [1.54, 1.807) is 0 Å². The normalized spacial score (nSPS) is 17.8. The Labute approximate surface area is 127 Å². The van der Waals surface area contributed by atoms with Gasteiger partial charge in [-0.25, -0.2) is 0 Å². The van der Waals surface area contributed by atoms with Gasteiger partial charge >= 0.3 is 0 Å². The molecule has 0 amide bonds. The van der Waals surface area contributed by atoms with Crippen molar-refractivity contribution in [1.82, 2.24) is 0 Å². The quantitative estimate of drug-likeness (QED) is 0.793. The molecule has 0 saturated heterocycles. The Bertz CT molecular complexity index is 688. The van der Waals surface area contributed by atoms with E-state index in [-0.39, 0.29) is 6.04 Å². The Kier molecular flexibility index (Phi) is 4.98. The van der Waals surface area contributed by atoms with E-state index in [0.29, 0.717) is 0 Å². The smallest absolute Gasteiger partial charge is 0.0320 e. The molecular formula is C20H21N. The Morgan fingerprint density at radius 2 is 2.14 bits per heavy atom. The van der Waals surface area contributed by atoms with Gasteiger partial charge in [-0.3, -0.25) is 0 Å². The van der Waals surface area contributed by atoms with Crippen LogP contribution in [-0.4, -0.2) is 0 Å². The molecule has 0 aliphatic heterocycles. The van der Waals surface area contributed by atoms with Crippen molar-refractivity contribution in [3.8, 4) is 11.8 Å². The van der Waals surface area contributed by atoms with Crippen LogP contribution in [0.3, 0.4) is 0 Å². The molecule has 2 N–H and O–H groups in total. The first-order valence-electron chi connectivity index (χ1n) is 7.21. The lowest BCUT2D eigenvalue weighted by atomic mass is 10.0. The predicted molar refractivity (Wildman–Crippen MR) is 90.7 cm³/mol. The summed E-state index contributed by atoms with van der Waals surface area (Å²) in [6.07, 6.45) is 9.18. The maximum absolute atomic E-state index is 6.00. The van der Waals surface area contributed by atoms with E-state index in [9.17, 15) is 0 Å².